The molecule has 0 bridgehead atoms. The van der Waals surface area contributed by atoms with Gasteiger partial charge in [-0.05, 0) is 38.6 Å². The molecule has 1 aromatic carbocycles. The maximum Gasteiger partial charge on any atom is 0.228 e. The smallest absolute Gasteiger partial charge is 0.228 e. The molecule has 1 N–H and O–H groups in total. The fraction of sp³-hybridized carbons (Fsp3) is 0.462. The van der Waals surface area contributed by atoms with E-state index in [1.807, 2.05) is 7.05 Å². The highest BCUT2D eigenvalue weighted by Gasteiger charge is 2.24. The SMILES string of the molecule is CN1CCC[C@H](C(=O)Nc2ccccc2F)C1. The van der Waals surface area contributed by atoms with Crippen molar-refractivity contribution in [1.29, 1.82) is 0 Å². The van der Waals surface area contributed by atoms with Crippen molar-refractivity contribution < 1.29 is 9.18 Å². The Kier molecular flexibility index (Phi) is 3.74. The summed E-state index contributed by atoms with van der Waals surface area (Å²) in [5, 5.41) is 2.66. The van der Waals surface area contributed by atoms with Crippen molar-refractivity contribution in [2.45, 2.75) is 12.8 Å². The molecule has 1 aromatic rings. The second-order valence-electron chi connectivity index (χ2n) is 4.57. The number of nitrogens with one attached hydrogen (secondary N) is 1. The van der Waals surface area contributed by atoms with Crippen LogP contribution in [0, 0.1) is 11.7 Å². The van der Waals surface area contributed by atoms with Crippen molar-refractivity contribution in [3.05, 3.63) is 30.1 Å². The van der Waals surface area contributed by atoms with E-state index in [1.165, 1.54) is 6.07 Å². The number of amides is 1. The fourth-order valence-electron chi connectivity index (χ4n) is 2.18. The number of para-hydroxylation sites is 1. The van der Waals surface area contributed by atoms with Crippen molar-refractivity contribution in [2.75, 3.05) is 25.5 Å². The third-order valence-corrected chi connectivity index (χ3v) is 3.13. The number of carbonyl (C=O) groups excluding carboxylic acids is 1. The molecular formula is C13H17FN2O. The van der Waals surface area contributed by atoms with E-state index in [4.69, 9.17) is 0 Å². The second kappa shape index (κ2) is 5.27. The molecule has 17 heavy (non-hydrogen) atoms. The van der Waals surface area contributed by atoms with E-state index in [0.717, 1.165) is 25.9 Å². The number of likely N-dealkylation sites (tertiary alicyclic amines) is 1. The zero-order valence-electron chi connectivity index (χ0n) is 9.95. The monoisotopic (exact) mass is 236 g/mol. The lowest BCUT2D eigenvalue weighted by molar-refractivity contribution is -0.121. The molecule has 0 aliphatic carbocycles. The number of benzene rings is 1. The first-order valence-corrected chi connectivity index (χ1v) is 5.91. The number of hydrogen-bond acceptors (Lipinski definition) is 2. The van der Waals surface area contributed by atoms with Gasteiger partial charge in [-0.25, -0.2) is 4.39 Å². The lowest BCUT2D eigenvalue weighted by Gasteiger charge is -2.28. The molecule has 3 nitrogen and oxygen atoms in total. The zero-order chi connectivity index (χ0) is 12.3. The summed E-state index contributed by atoms with van der Waals surface area (Å²) in [5.41, 5.74) is 0.269. The van der Waals surface area contributed by atoms with E-state index in [-0.39, 0.29) is 23.3 Å². The maximum absolute atomic E-state index is 13.4. The molecule has 0 spiro atoms. The van der Waals surface area contributed by atoms with Gasteiger partial charge in [0.15, 0.2) is 0 Å². The molecule has 0 aromatic heterocycles. The first kappa shape index (κ1) is 12.0. The van der Waals surface area contributed by atoms with E-state index in [9.17, 15) is 9.18 Å². The van der Waals surface area contributed by atoms with Gasteiger partial charge in [0, 0.05) is 6.54 Å². The topological polar surface area (TPSA) is 32.3 Å². The fourth-order valence-corrected chi connectivity index (χ4v) is 2.18. The Balaban J connectivity index is 1.99. The quantitative estimate of drug-likeness (QED) is 0.853. The lowest BCUT2D eigenvalue weighted by atomic mass is 9.97. The van der Waals surface area contributed by atoms with Crippen LogP contribution in [0.1, 0.15) is 12.8 Å². The Morgan fingerprint density at radius 3 is 2.94 bits per heavy atom. The van der Waals surface area contributed by atoms with Gasteiger partial charge in [-0.2, -0.15) is 0 Å². The third-order valence-electron chi connectivity index (χ3n) is 3.13. The number of hydrogen-bond donors (Lipinski definition) is 1. The molecule has 1 aliphatic rings. The molecule has 1 fully saturated rings. The van der Waals surface area contributed by atoms with Crippen molar-refractivity contribution >= 4 is 11.6 Å². The largest absolute Gasteiger partial charge is 0.323 e. The molecule has 0 saturated carbocycles. The molecule has 1 amide bonds. The van der Waals surface area contributed by atoms with Gasteiger partial charge < -0.3 is 10.2 Å². The second-order valence-corrected chi connectivity index (χ2v) is 4.57. The molecule has 4 heteroatoms. The Labute approximate surface area is 101 Å². The van der Waals surface area contributed by atoms with Gasteiger partial charge in [0.25, 0.3) is 0 Å². The number of piperidine rings is 1. The molecule has 2 rings (SSSR count). The van der Waals surface area contributed by atoms with Crippen LogP contribution in [0.15, 0.2) is 24.3 Å². The molecular weight excluding hydrogens is 219 g/mol. The summed E-state index contributed by atoms with van der Waals surface area (Å²) in [7, 11) is 2.00. The van der Waals surface area contributed by atoms with Crippen LogP contribution in [-0.4, -0.2) is 30.9 Å². The van der Waals surface area contributed by atoms with Crippen molar-refractivity contribution in [3.63, 3.8) is 0 Å². The van der Waals surface area contributed by atoms with Gasteiger partial charge in [0.05, 0.1) is 11.6 Å². The first-order valence-electron chi connectivity index (χ1n) is 5.91. The van der Waals surface area contributed by atoms with Crippen molar-refractivity contribution in [1.82, 2.24) is 4.90 Å². The molecule has 1 atom stereocenters. The summed E-state index contributed by atoms with van der Waals surface area (Å²) < 4.78 is 13.4. The molecule has 0 unspecified atom stereocenters. The van der Waals surface area contributed by atoms with Crippen LogP contribution >= 0.6 is 0 Å². The highest BCUT2D eigenvalue weighted by atomic mass is 19.1. The minimum atomic E-state index is -0.384. The van der Waals surface area contributed by atoms with Gasteiger partial charge >= 0.3 is 0 Å². The van der Waals surface area contributed by atoms with E-state index < -0.39 is 0 Å². The van der Waals surface area contributed by atoms with Crippen LogP contribution in [0.3, 0.4) is 0 Å². The Morgan fingerprint density at radius 2 is 2.24 bits per heavy atom. The predicted molar refractivity (Wildman–Crippen MR) is 65.3 cm³/mol. The van der Waals surface area contributed by atoms with Crippen LogP contribution in [0.4, 0.5) is 10.1 Å². The minimum Gasteiger partial charge on any atom is -0.323 e. The highest BCUT2D eigenvalue weighted by molar-refractivity contribution is 5.92. The van der Waals surface area contributed by atoms with Gasteiger partial charge in [-0.15, -0.1) is 0 Å². The van der Waals surface area contributed by atoms with Gasteiger partial charge in [-0.3, -0.25) is 4.79 Å². The van der Waals surface area contributed by atoms with Crippen LogP contribution in [-0.2, 0) is 4.79 Å². The summed E-state index contributed by atoms with van der Waals surface area (Å²) >= 11 is 0. The Hall–Kier alpha value is -1.42. The maximum atomic E-state index is 13.4. The molecule has 92 valence electrons. The summed E-state index contributed by atoms with van der Waals surface area (Å²) in [6.45, 7) is 1.78. The molecule has 1 heterocycles. The van der Waals surface area contributed by atoms with Gasteiger partial charge in [0.1, 0.15) is 5.82 Å². The van der Waals surface area contributed by atoms with Crippen LogP contribution in [0.25, 0.3) is 0 Å². The highest BCUT2D eigenvalue weighted by Crippen LogP contribution is 2.19. The van der Waals surface area contributed by atoms with Crippen LogP contribution in [0.2, 0.25) is 0 Å². The minimum absolute atomic E-state index is 0.0339. The number of halogens is 1. The normalized spacial score (nSPS) is 21.2. The first-order chi connectivity index (χ1) is 8.16. The lowest BCUT2D eigenvalue weighted by Crippen LogP contribution is -2.38. The molecule has 1 saturated heterocycles. The van der Waals surface area contributed by atoms with Gasteiger partial charge in [-0.1, -0.05) is 12.1 Å². The number of anilines is 1. The Bertz CT molecular complexity index is 408. The summed E-state index contributed by atoms with van der Waals surface area (Å²) in [6, 6.07) is 6.26. The van der Waals surface area contributed by atoms with Crippen molar-refractivity contribution in [3.8, 4) is 0 Å². The molecule has 0 radical (unpaired) electrons. The standard InChI is InChI=1S/C13H17FN2O/c1-16-8-4-5-10(9-16)13(17)15-12-7-3-2-6-11(12)14/h2-3,6-7,10H,4-5,8-9H2,1H3,(H,15,17)/t10-/m0/s1. The van der Waals surface area contributed by atoms with E-state index in [1.54, 1.807) is 18.2 Å². The Morgan fingerprint density at radius 1 is 1.47 bits per heavy atom. The van der Waals surface area contributed by atoms with E-state index >= 15 is 0 Å². The molecule has 1 aliphatic heterocycles. The van der Waals surface area contributed by atoms with Gasteiger partial charge in [0.2, 0.25) is 5.91 Å². The summed E-state index contributed by atoms with van der Waals surface area (Å²) in [4.78, 5) is 14.1. The average molecular weight is 236 g/mol. The number of rotatable bonds is 2. The summed E-state index contributed by atoms with van der Waals surface area (Å²) in [5.74, 6) is -0.500. The third kappa shape index (κ3) is 3.03. The van der Waals surface area contributed by atoms with E-state index in [2.05, 4.69) is 10.2 Å². The zero-order valence-corrected chi connectivity index (χ0v) is 9.95. The van der Waals surface area contributed by atoms with Crippen molar-refractivity contribution in [2.24, 2.45) is 5.92 Å². The summed E-state index contributed by atoms with van der Waals surface area (Å²) in [6.07, 6.45) is 1.90. The average Bonchev–Trinajstić information content (AvgIpc) is 2.32. The number of nitrogens with zero attached hydrogens (tertiary/aromatic N) is 1. The van der Waals surface area contributed by atoms with Crippen LogP contribution in [0.5, 0.6) is 0 Å². The number of carbonyl (C=O) groups is 1. The predicted octanol–water partition coefficient (Wildman–Crippen LogP) is 2.11. The van der Waals surface area contributed by atoms with Crippen LogP contribution < -0.4 is 5.32 Å². The van der Waals surface area contributed by atoms with E-state index in [0.29, 0.717) is 0 Å².